The molecule has 0 aliphatic carbocycles. The zero-order chi connectivity index (χ0) is 14.0. The highest BCUT2D eigenvalue weighted by Crippen LogP contribution is 1.89. The van der Waals surface area contributed by atoms with Gasteiger partial charge in [0.05, 0.1) is 0 Å². The minimum Gasteiger partial charge on any atom is -0.370 e. The summed E-state index contributed by atoms with van der Waals surface area (Å²) in [5, 5.41) is 10.9. The van der Waals surface area contributed by atoms with Gasteiger partial charge in [-0.2, -0.15) is 10.1 Å². The van der Waals surface area contributed by atoms with Gasteiger partial charge in [-0.3, -0.25) is 19.7 Å². The lowest BCUT2D eigenvalue weighted by Crippen LogP contribution is -2.25. The van der Waals surface area contributed by atoms with Crippen molar-refractivity contribution < 1.29 is 14.4 Å². The van der Waals surface area contributed by atoms with Crippen LogP contribution in [0.5, 0.6) is 0 Å². The van der Waals surface area contributed by atoms with Crippen molar-refractivity contribution in [3.8, 4) is 0 Å². The van der Waals surface area contributed by atoms with Gasteiger partial charge in [0.25, 0.3) is 0 Å². The number of amides is 3. The molecule has 9 heteroatoms. The topological polar surface area (TPSA) is 143 Å². The first kappa shape index (κ1) is 15.6. The molecule has 1 rings (SSSR count). The highest BCUT2D eigenvalue weighted by Gasteiger charge is 1.94. The molecular formula is C9H16N6O3. The van der Waals surface area contributed by atoms with E-state index in [2.05, 4.69) is 25.8 Å². The van der Waals surface area contributed by atoms with Crippen molar-refractivity contribution in [2.75, 3.05) is 11.9 Å². The van der Waals surface area contributed by atoms with Crippen molar-refractivity contribution >= 4 is 23.7 Å². The molecule has 0 unspecified atom stereocenters. The second-order valence-corrected chi connectivity index (χ2v) is 3.21. The van der Waals surface area contributed by atoms with E-state index in [1.54, 1.807) is 0 Å². The largest absolute Gasteiger partial charge is 0.370 e. The number of nitrogens with zero attached hydrogens (tertiary/aromatic N) is 2. The molecule has 0 aromatic carbocycles. The molecule has 18 heavy (non-hydrogen) atoms. The van der Waals surface area contributed by atoms with Crippen LogP contribution in [0.4, 0.5) is 5.95 Å². The third-order valence-corrected chi connectivity index (χ3v) is 1.45. The van der Waals surface area contributed by atoms with E-state index in [-0.39, 0.29) is 18.2 Å². The molecular weight excluding hydrogens is 240 g/mol. The van der Waals surface area contributed by atoms with Gasteiger partial charge in [-0.1, -0.05) is 0 Å². The number of hydrogen-bond donors (Lipinski definition) is 4. The van der Waals surface area contributed by atoms with Crippen molar-refractivity contribution in [1.29, 1.82) is 0 Å². The number of anilines is 1. The second kappa shape index (κ2) is 8.67. The molecule has 1 aromatic rings. The van der Waals surface area contributed by atoms with Gasteiger partial charge in [0.15, 0.2) is 0 Å². The Kier molecular flexibility index (Phi) is 7.49. The molecule has 0 saturated heterocycles. The van der Waals surface area contributed by atoms with Crippen LogP contribution in [0.25, 0.3) is 0 Å². The van der Waals surface area contributed by atoms with Crippen LogP contribution < -0.4 is 16.4 Å². The maximum Gasteiger partial charge on any atom is 0.225 e. The van der Waals surface area contributed by atoms with Crippen LogP contribution in [0.3, 0.4) is 0 Å². The molecule has 0 bridgehead atoms. The first-order valence-corrected chi connectivity index (χ1v) is 5.07. The van der Waals surface area contributed by atoms with E-state index in [4.69, 9.17) is 5.73 Å². The van der Waals surface area contributed by atoms with Crippen LogP contribution in [0, 0.1) is 0 Å². The second-order valence-electron chi connectivity index (χ2n) is 3.21. The summed E-state index contributed by atoms with van der Waals surface area (Å²) in [6.45, 7) is 3.13. The fourth-order valence-electron chi connectivity index (χ4n) is 0.794. The lowest BCUT2D eigenvalue weighted by molar-refractivity contribution is -0.120. The van der Waals surface area contributed by atoms with Crippen molar-refractivity contribution in [3.63, 3.8) is 0 Å². The van der Waals surface area contributed by atoms with E-state index < -0.39 is 5.91 Å². The molecule has 100 valence electrons. The molecule has 9 nitrogen and oxygen atoms in total. The third kappa shape index (κ3) is 10.1. The van der Waals surface area contributed by atoms with Crippen LogP contribution in [-0.2, 0) is 14.4 Å². The molecule has 0 saturated carbocycles. The SMILES string of the molecule is CC(=O)NCCC(N)=O.CC(=O)Nc1ncn[nH]1. The summed E-state index contributed by atoms with van der Waals surface area (Å²) in [6, 6.07) is 0. The maximum absolute atomic E-state index is 10.3. The summed E-state index contributed by atoms with van der Waals surface area (Å²) >= 11 is 0. The Balaban J connectivity index is 0.000000321. The standard InChI is InChI=1S/C5H10N2O2.C4H6N4O/c1-4(8)7-3-2-5(6)9;1-3(9)7-4-5-2-6-8-4/h2-3H2,1H3,(H2,6,9)(H,7,8);2H,1H3,(H2,5,6,7,8,9). The maximum atomic E-state index is 10.3. The van der Waals surface area contributed by atoms with Crippen molar-refractivity contribution in [1.82, 2.24) is 20.5 Å². The fraction of sp³-hybridized carbons (Fsp3) is 0.444. The van der Waals surface area contributed by atoms with Crippen LogP contribution in [0.15, 0.2) is 6.33 Å². The van der Waals surface area contributed by atoms with Gasteiger partial charge in [-0.25, -0.2) is 5.10 Å². The molecule has 3 amide bonds. The molecule has 5 N–H and O–H groups in total. The normalized spacial score (nSPS) is 8.78. The van der Waals surface area contributed by atoms with Crippen molar-refractivity contribution in [2.45, 2.75) is 20.3 Å². The Morgan fingerprint density at radius 1 is 1.33 bits per heavy atom. The Morgan fingerprint density at radius 3 is 2.39 bits per heavy atom. The lowest BCUT2D eigenvalue weighted by Gasteiger charge is -1.96. The van der Waals surface area contributed by atoms with Gasteiger partial charge in [0, 0.05) is 26.8 Å². The van der Waals surface area contributed by atoms with E-state index in [0.29, 0.717) is 12.5 Å². The zero-order valence-corrected chi connectivity index (χ0v) is 10.2. The Hall–Kier alpha value is -2.45. The molecule has 0 fully saturated rings. The Bertz CT molecular complexity index is 375. The van der Waals surface area contributed by atoms with Crippen LogP contribution >= 0.6 is 0 Å². The number of aromatic nitrogens is 3. The Labute approximate surface area is 104 Å². The van der Waals surface area contributed by atoms with E-state index in [1.165, 1.54) is 20.2 Å². The minimum absolute atomic E-state index is 0.142. The average Bonchev–Trinajstić information content (AvgIpc) is 2.69. The predicted octanol–water partition coefficient (Wildman–Crippen LogP) is -1.24. The summed E-state index contributed by atoms with van der Waals surface area (Å²) in [5.41, 5.74) is 4.79. The van der Waals surface area contributed by atoms with Gasteiger partial charge in [-0.05, 0) is 0 Å². The van der Waals surface area contributed by atoms with Gasteiger partial charge in [-0.15, -0.1) is 0 Å². The third-order valence-electron chi connectivity index (χ3n) is 1.45. The number of hydrogen-bond acceptors (Lipinski definition) is 5. The van der Waals surface area contributed by atoms with Crippen LogP contribution in [0.2, 0.25) is 0 Å². The summed E-state index contributed by atoms with van der Waals surface area (Å²) in [5.74, 6) is -0.325. The van der Waals surface area contributed by atoms with Gasteiger partial charge >= 0.3 is 0 Å². The summed E-state index contributed by atoms with van der Waals surface area (Å²) in [7, 11) is 0. The van der Waals surface area contributed by atoms with E-state index in [1.807, 2.05) is 0 Å². The molecule has 0 spiro atoms. The first-order valence-electron chi connectivity index (χ1n) is 5.07. The molecule has 1 heterocycles. The summed E-state index contributed by atoms with van der Waals surface area (Å²) in [6.07, 6.45) is 1.53. The van der Waals surface area contributed by atoms with Crippen LogP contribution in [-0.4, -0.2) is 39.4 Å². The van der Waals surface area contributed by atoms with E-state index in [9.17, 15) is 14.4 Å². The highest BCUT2D eigenvalue weighted by molar-refractivity contribution is 5.86. The number of carbonyl (C=O) groups is 3. The van der Waals surface area contributed by atoms with Crippen LogP contribution in [0.1, 0.15) is 20.3 Å². The number of rotatable bonds is 4. The molecule has 0 aliphatic rings. The van der Waals surface area contributed by atoms with Crippen molar-refractivity contribution in [3.05, 3.63) is 6.33 Å². The lowest BCUT2D eigenvalue weighted by atomic mass is 10.4. The van der Waals surface area contributed by atoms with Crippen molar-refractivity contribution in [2.24, 2.45) is 5.73 Å². The minimum atomic E-state index is -0.399. The smallest absolute Gasteiger partial charge is 0.225 e. The quantitative estimate of drug-likeness (QED) is 0.533. The summed E-state index contributed by atoms with van der Waals surface area (Å²) in [4.78, 5) is 34.2. The number of nitrogens with one attached hydrogen (secondary N) is 3. The molecule has 0 radical (unpaired) electrons. The monoisotopic (exact) mass is 256 g/mol. The van der Waals surface area contributed by atoms with Gasteiger partial charge in [0.1, 0.15) is 6.33 Å². The van der Waals surface area contributed by atoms with E-state index in [0.717, 1.165) is 0 Å². The molecule has 0 aliphatic heterocycles. The number of aromatic amines is 1. The number of carbonyl (C=O) groups excluding carboxylic acids is 3. The summed E-state index contributed by atoms with van der Waals surface area (Å²) < 4.78 is 0. The van der Waals surface area contributed by atoms with E-state index >= 15 is 0 Å². The highest BCUT2D eigenvalue weighted by atomic mass is 16.2. The number of nitrogens with two attached hydrogens (primary N) is 1. The molecule has 0 atom stereocenters. The average molecular weight is 256 g/mol. The fourth-order valence-corrected chi connectivity index (χ4v) is 0.794. The number of H-pyrrole nitrogens is 1. The molecule has 1 aromatic heterocycles. The zero-order valence-electron chi connectivity index (χ0n) is 10.2. The van der Waals surface area contributed by atoms with Gasteiger partial charge < -0.3 is 11.1 Å². The predicted molar refractivity (Wildman–Crippen MR) is 63.2 cm³/mol. The Morgan fingerprint density at radius 2 is 2.00 bits per heavy atom. The number of primary amides is 1. The first-order chi connectivity index (χ1) is 8.41. The van der Waals surface area contributed by atoms with Gasteiger partial charge in [0.2, 0.25) is 23.7 Å².